The summed E-state index contributed by atoms with van der Waals surface area (Å²) in [6, 6.07) is 0. The molecule has 78 valence electrons. The average Bonchev–Trinajstić information content (AvgIpc) is 2.10. The molecule has 5 nitrogen and oxygen atoms in total. The first-order chi connectivity index (χ1) is 6.56. The number of rotatable bonds is 5. The Kier molecular flexibility index (Phi) is 5.85. The van der Waals surface area contributed by atoms with E-state index in [2.05, 4.69) is 16.6 Å². The average molecular weight is 199 g/mol. The Bertz CT molecular complexity index is 258. The van der Waals surface area contributed by atoms with Crippen LogP contribution in [0.3, 0.4) is 0 Å². The molecular formula is C9H13NO4. The summed E-state index contributed by atoms with van der Waals surface area (Å²) in [6.45, 7) is 5.26. The number of hydrogen-bond acceptors (Lipinski definition) is 3. The van der Waals surface area contributed by atoms with Gasteiger partial charge in [0.05, 0.1) is 0 Å². The van der Waals surface area contributed by atoms with Gasteiger partial charge < -0.3 is 15.2 Å². The van der Waals surface area contributed by atoms with Gasteiger partial charge in [0.25, 0.3) is 0 Å². The van der Waals surface area contributed by atoms with Gasteiger partial charge in [0.15, 0.2) is 0 Å². The second-order valence-electron chi connectivity index (χ2n) is 2.57. The predicted molar refractivity (Wildman–Crippen MR) is 50.9 cm³/mol. The molecule has 0 unspecified atom stereocenters. The number of aliphatic carboxylic acids is 1. The monoisotopic (exact) mass is 199 g/mol. The lowest BCUT2D eigenvalue weighted by Gasteiger charge is -2.04. The maximum atomic E-state index is 10.8. The molecular weight excluding hydrogens is 186 g/mol. The molecule has 0 aromatic heterocycles. The highest BCUT2D eigenvalue weighted by Crippen LogP contribution is 1.89. The van der Waals surface area contributed by atoms with Crippen molar-refractivity contribution in [3.05, 3.63) is 24.3 Å². The molecule has 0 aromatic rings. The van der Waals surface area contributed by atoms with E-state index in [4.69, 9.17) is 5.11 Å². The molecule has 0 heterocycles. The van der Waals surface area contributed by atoms with Gasteiger partial charge in [0.1, 0.15) is 6.61 Å². The van der Waals surface area contributed by atoms with Crippen LogP contribution in [0.2, 0.25) is 0 Å². The predicted octanol–water partition coefficient (Wildman–Crippen LogP) is 0.930. The van der Waals surface area contributed by atoms with Gasteiger partial charge in [-0.1, -0.05) is 12.7 Å². The summed E-state index contributed by atoms with van der Waals surface area (Å²) in [5, 5.41) is 10.7. The van der Waals surface area contributed by atoms with E-state index >= 15 is 0 Å². The van der Waals surface area contributed by atoms with Crippen molar-refractivity contribution in [3.8, 4) is 0 Å². The molecule has 0 atom stereocenters. The van der Waals surface area contributed by atoms with E-state index in [9.17, 15) is 9.59 Å². The van der Waals surface area contributed by atoms with Crippen LogP contribution in [0.4, 0.5) is 4.79 Å². The zero-order chi connectivity index (χ0) is 11.0. The molecule has 0 aliphatic rings. The van der Waals surface area contributed by atoms with Crippen molar-refractivity contribution in [1.29, 1.82) is 0 Å². The second-order valence-corrected chi connectivity index (χ2v) is 2.57. The molecule has 0 saturated carbocycles. The zero-order valence-corrected chi connectivity index (χ0v) is 7.95. The van der Waals surface area contributed by atoms with Gasteiger partial charge in [-0.3, -0.25) is 0 Å². The van der Waals surface area contributed by atoms with Crippen molar-refractivity contribution in [2.45, 2.75) is 6.92 Å². The van der Waals surface area contributed by atoms with Crippen LogP contribution in [-0.2, 0) is 9.53 Å². The highest BCUT2D eigenvalue weighted by Gasteiger charge is 2.00. The van der Waals surface area contributed by atoms with Gasteiger partial charge in [-0.05, 0) is 12.5 Å². The number of carbonyl (C=O) groups excluding carboxylic acids is 1. The van der Waals surface area contributed by atoms with Crippen LogP contribution in [0.15, 0.2) is 24.3 Å². The molecule has 0 aromatic carbocycles. The third kappa shape index (κ3) is 6.90. The topological polar surface area (TPSA) is 75.6 Å². The first kappa shape index (κ1) is 12.2. The Labute approximate surface area is 82.1 Å². The van der Waals surface area contributed by atoms with Crippen LogP contribution in [0, 0.1) is 0 Å². The molecule has 0 spiro atoms. The lowest BCUT2D eigenvalue weighted by molar-refractivity contribution is -0.131. The van der Waals surface area contributed by atoms with E-state index in [1.54, 1.807) is 6.92 Å². The van der Waals surface area contributed by atoms with E-state index in [0.29, 0.717) is 5.57 Å². The molecule has 0 aliphatic carbocycles. The number of nitrogens with one attached hydrogen (secondary N) is 1. The Hall–Kier alpha value is -1.78. The molecule has 0 saturated heterocycles. The Balaban J connectivity index is 3.76. The lowest BCUT2D eigenvalue weighted by Crippen LogP contribution is -2.26. The summed E-state index contributed by atoms with van der Waals surface area (Å²) in [5.41, 5.74) is 0.535. The van der Waals surface area contributed by atoms with Crippen molar-refractivity contribution in [3.63, 3.8) is 0 Å². The van der Waals surface area contributed by atoms with Crippen molar-refractivity contribution in [2.24, 2.45) is 0 Å². The first-order valence-corrected chi connectivity index (χ1v) is 3.98. The van der Waals surface area contributed by atoms with Crippen LogP contribution in [0.5, 0.6) is 0 Å². The maximum Gasteiger partial charge on any atom is 0.407 e. The smallest absolute Gasteiger partial charge is 0.407 e. The molecule has 0 rings (SSSR count). The number of hydrogen-bond donors (Lipinski definition) is 2. The van der Waals surface area contributed by atoms with E-state index in [0.717, 1.165) is 6.08 Å². The zero-order valence-electron chi connectivity index (χ0n) is 7.95. The number of carbonyl (C=O) groups is 2. The minimum absolute atomic E-state index is 0.132. The molecule has 5 heteroatoms. The Morgan fingerprint density at radius 2 is 2.21 bits per heavy atom. The summed E-state index contributed by atoms with van der Waals surface area (Å²) in [5.74, 6) is -1.04. The minimum atomic E-state index is -1.04. The Morgan fingerprint density at radius 1 is 1.57 bits per heavy atom. The summed E-state index contributed by atoms with van der Waals surface area (Å²) < 4.78 is 4.60. The summed E-state index contributed by atoms with van der Waals surface area (Å²) in [7, 11) is 0. The maximum absolute atomic E-state index is 10.8. The molecule has 0 fully saturated rings. The molecule has 0 radical (unpaired) electrons. The summed E-state index contributed by atoms with van der Waals surface area (Å²) in [6.07, 6.45) is 1.87. The number of ether oxygens (including phenoxy) is 1. The molecule has 0 aliphatic heterocycles. The van der Waals surface area contributed by atoms with Crippen LogP contribution >= 0.6 is 0 Å². The standard InChI is InChI=1S/C9H13NO4/c1-3-4-14-9(13)10-6-7(2)5-8(11)12/h3,5H,1,4,6H2,2H3,(H,10,13)(H,11,12)/b7-5+. The van der Waals surface area contributed by atoms with Gasteiger partial charge in [0, 0.05) is 12.6 Å². The van der Waals surface area contributed by atoms with E-state index in [1.165, 1.54) is 6.08 Å². The fourth-order valence-corrected chi connectivity index (χ4v) is 0.659. The van der Waals surface area contributed by atoms with Crippen LogP contribution in [0.25, 0.3) is 0 Å². The van der Waals surface area contributed by atoms with Crippen molar-refractivity contribution < 1.29 is 19.4 Å². The van der Waals surface area contributed by atoms with E-state index < -0.39 is 12.1 Å². The molecule has 2 N–H and O–H groups in total. The minimum Gasteiger partial charge on any atom is -0.478 e. The van der Waals surface area contributed by atoms with E-state index in [-0.39, 0.29) is 13.2 Å². The highest BCUT2D eigenvalue weighted by molar-refractivity contribution is 5.80. The van der Waals surface area contributed by atoms with Gasteiger partial charge in [-0.2, -0.15) is 0 Å². The van der Waals surface area contributed by atoms with Gasteiger partial charge in [0.2, 0.25) is 0 Å². The quantitative estimate of drug-likeness (QED) is 0.510. The molecule has 1 amide bonds. The third-order valence-electron chi connectivity index (χ3n) is 1.21. The van der Waals surface area contributed by atoms with Gasteiger partial charge in [-0.15, -0.1) is 0 Å². The SMILES string of the molecule is C=CCOC(=O)NC/C(C)=C/C(=O)O. The third-order valence-corrected chi connectivity index (χ3v) is 1.21. The number of carboxylic acids is 1. The highest BCUT2D eigenvalue weighted by atomic mass is 16.5. The molecule has 14 heavy (non-hydrogen) atoms. The largest absolute Gasteiger partial charge is 0.478 e. The second kappa shape index (κ2) is 6.71. The van der Waals surface area contributed by atoms with Crippen molar-refractivity contribution in [2.75, 3.05) is 13.2 Å². The van der Waals surface area contributed by atoms with Gasteiger partial charge in [-0.25, -0.2) is 9.59 Å². The normalized spacial score (nSPS) is 10.5. The van der Waals surface area contributed by atoms with E-state index in [1.807, 2.05) is 0 Å². The Morgan fingerprint density at radius 3 is 2.71 bits per heavy atom. The van der Waals surface area contributed by atoms with Crippen LogP contribution < -0.4 is 5.32 Å². The molecule has 0 bridgehead atoms. The van der Waals surface area contributed by atoms with Crippen molar-refractivity contribution >= 4 is 12.1 Å². The number of alkyl carbamates (subject to hydrolysis) is 1. The lowest BCUT2D eigenvalue weighted by atomic mass is 10.3. The van der Waals surface area contributed by atoms with Crippen LogP contribution in [-0.4, -0.2) is 30.3 Å². The summed E-state index contributed by atoms with van der Waals surface area (Å²) in [4.78, 5) is 21.0. The van der Waals surface area contributed by atoms with Gasteiger partial charge >= 0.3 is 12.1 Å². The van der Waals surface area contributed by atoms with Crippen molar-refractivity contribution in [1.82, 2.24) is 5.32 Å². The number of carboxylic acid groups (broad SMARTS) is 1. The first-order valence-electron chi connectivity index (χ1n) is 3.98. The number of amides is 1. The fourth-order valence-electron chi connectivity index (χ4n) is 0.659. The fraction of sp³-hybridized carbons (Fsp3) is 0.333. The summed E-state index contributed by atoms with van der Waals surface area (Å²) >= 11 is 0. The van der Waals surface area contributed by atoms with Crippen LogP contribution in [0.1, 0.15) is 6.92 Å².